The summed E-state index contributed by atoms with van der Waals surface area (Å²) in [5.74, 6) is 0.277. The van der Waals surface area contributed by atoms with Gasteiger partial charge in [-0.1, -0.05) is 13.8 Å². The van der Waals surface area contributed by atoms with Crippen molar-refractivity contribution in [3.8, 4) is 0 Å². The molecular formula is C10H19NO2. The Hall–Kier alpha value is -0.570. The van der Waals surface area contributed by atoms with E-state index in [4.69, 9.17) is 4.74 Å². The van der Waals surface area contributed by atoms with Crippen LogP contribution in [0.3, 0.4) is 0 Å². The van der Waals surface area contributed by atoms with Gasteiger partial charge in [0, 0.05) is 19.1 Å². The summed E-state index contributed by atoms with van der Waals surface area (Å²) in [7, 11) is 0. The topological polar surface area (TPSA) is 38.3 Å². The molecule has 13 heavy (non-hydrogen) atoms. The molecule has 0 unspecified atom stereocenters. The Bertz CT molecular complexity index is 164. The largest absolute Gasteiger partial charge is 0.376 e. The highest BCUT2D eigenvalue weighted by Crippen LogP contribution is 2.10. The van der Waals surface area contributed by atoms with Crippen LogP contribution in [0.15, 0.2) is 0 Å². The Morgan fingerprint density at radius 2 is 2.46 bits per heavy atom. The molecule has 0 aromatic rings. The first kappa shape index (κ1) is 10.5. The third-order valence-corrected chi connectivity index (χ3v) is 2.59. The van der Waals surface area contributed by atoms with Gasteiger partial charge in [0.25, 0.3) is 0 Å². The van der Waals surface area contributed by atoms with E-state index in [0.29, 0.717) is 6.54 Å². The molecule has 0 radical (unpaired) electrons. The molecule has 76 valence electrons. The zero-order chi connectivity index (χ0) is 9.68. The Morgan fingerprint density at radius 3 is 3.00 bits per heavy atom. The van der Waals surface area contributed by atoms with Crippen molar-refractivity contribution >= 4 is 5.91 Å². The van der Waals surface area contributed by atoms with Crippen LogP contribution in [-0.4, -0.2) is 25.2 Å². The summed E-state index contributed by atoms with van der Waals surface area (Å²) in [4.78, 5) is 11.4. The lowest BCUT2D eigenvalue weighted by Gasteiger charge is -2.13. The van der Waals surface area contributed by atoms with Gasteiger partial charge in [0.2, 0.25) is 5.91 Å². The standard InChI is InChI=1S/C10H19NO2/c1-3-8(2)10(12)11-7-9-5-4-6-13-9/h8-9H,3-7H2,1-2H3,(H,11,12)/t8-,9-/m0/s1. The van der Waals surface area contributed by atoms with Gasteiger partial charge in [-0.2, -0.15) is 0 Å². The van der Waals surface area contributed by atoms with Gasteiger partial charge in [-0.15, -0.1) is 0 Å². The minimum absolute atomic E-state index is 0.126. The number of carbonyl (C=O) groups excluding carboxylic acids is 1. The molecule has 0 aromatic carbocycles. The average Bonchev–Trinajstić information content (AvgIpc) is 2.65. The van der Waals surface area contributed by atoms with Crippen molar-refractivity contribution in [2.45, 2.75) is 39.2 Å². The van der Waals surface area contributed by atoms with Gasteiger partial charge in [0.1, 0.15) is 0 Å². The normalized spacial score (nSPS) is 24.3. The minimum Gasteiger partial charge on any atom is -0.376 e. The van der Waals surface area contributed by atoms with Gasteiger partial charge in [0.05, 0.1) is 6.10 Å². The highest BCUT2D eigenvalue weighted by molar-refractivity contribution is 5.78. The highest BCUT2D eigenvalue weighted by atomic mass is 16.5. The fourth-order valence-electron chi connectivity index (χ4n) is 1.38. The van der Waals surface area contributed by atoms with Crippen LogP contribution in [-0.2, 0) is 9.53 Å². The molecule has 1 saturated heterocycles. The van der Waals surface area contributed by atoms with Gasteiger partial charge < -0.3 is 10.1 Å². The van der Waals surface area contributed by atoms with Crippen molar-refractivity contribution < 1.29 is 9.53 Å². The Morgan fingerprint density at radius 1 is 1.69 bits per heavy atom. The zero-order valence-electron chi connectivity index (χ0n) is 8.51. The van der Waals surface area contributed by atoms with Crippen LogP contribution in [0, 0.1) is 5.92 Å². The number of amides is 1. The average molecular weight is 185 g/mol. The zero-order valence-corrected chi connectivity index (χ0v) is 8.51. The first-order valence-corrected chi connectivity index (χ1v) is 5.13. The molecule has 3 nitrogen and oxygen atoms in total. The first-order chi connectivity index (χ1) is 6.24. The van der Waals surface area contributed by atoms with E-state index in [9.17, 15) is 4.79 Å². The fourth-order valence-corrected chi connectivity index (χ4v) is 1.38. The van der Waals surface area contributed by atoms with Crippen LogP contribution in [0.2, 0.25) is 0 Å². The van der Waals surface area contributed by atoms with Crippen LogP contribution < -0.4 is 5.32 Å². The molecule has 0 aromatic heterocycles. The van der Waals surface area contributed by atoms with Crippen LogP contribution in [0.1, 0.15) is 33.1 Å². The summed E-state index contributed by atoms with van der Waals surface area (Å²) >= 11 is 0. The number of hydrogen-bond acceptors (Lipinski definition) is 2. The van der Waals surface area contributed by atoms with Crippen molar-refractivity contribution in [1.82, 2.24) is 5.32 Å². The first-order valence-electron chi connectivity index (χ1n) is 5.13. The van der Waals surface area contributed by atoms with Gasteiger partial charge in [0.15, 0.2) is 0 Å². The molecule has 3 heteroatoms. The fraction of sp³-hybridized carbons (Fsp3) is 0.900. The third-order valence-electron chi connectivity index (χ3n) is 2.59. The molecule has 0 bridgehead atoms. The van der Waals surface area contributed by atoms with E-state index in [-0.39, 0.29) is 17.9 Å². The Kier molecular flexibility index (Phi) is 4.22. The summed E-state index contributed by atoms with van der Waals surface area (Å²) in [6, 6.07) is 0. The summed E-state index contributed by atoms with van der Waals surface area (Å²) in [5.41, 5.74) is 0. The van der Waals surface area contributed by atoms with Crippen molar-refractivity contribution in [2.75, 3.05) is 13.2 Å². The van der Waals surface area contributed by atoms with E-state index in [2.05, 4.69) is 5.32 Å². The number of rotatable bonds is 4. The molecule has 1 N–H and O–H groups in total. The SMILES string of the molecule is CC[C@H](C)C(=O)NC[C@@H]1CCCO1. The summed E-state index contributed by atoms with van der Waals surface area (Å²) in [6.45, 7) is 5.51. The van der Waals surface area contributed by atoms with Crippen LogP contribution >= 0.6 is 0 Å². The van der Waals surface area contributed by atoms with E-state index >= 15 is 0 Å². The third kappa shape index (κ3) is 3.35. The molecule has 1 rings (SSSR count). The maximum atomic E-state index is 11.4. The van der Waals surface area contributed by atoms with Crippen molar-refractivity contribution in [3.63, 3.8) is 0 Å². The molecule has 1 heterocycles. The molecule has 2 atom stereocenters. The van der Waals surface area contributed by atoms with Crippen molar-refractivity contribution in [3.05, 3.63) is 0 Å². The molecule has 1 aliphatic rings. The second-order valence-electron chi connectivity index (χ2n) is 3.69. The molecule has 1 amide bonds. The summed E-state index contributed by atoms with van der Waals surface area (Å²) < 4.78 is 5.40. The van der Waals surface area contributed by atoms with Crippen LogP contribution in [0.25, 0.3) is 0 Å². The molecule has 0 aliphatic carbocycles. The summed E-state index contributed by atoms with van der Waals surface area (Å²) in [5, 5.41) is 2.91. The number of ether oxygens (including phenoxy) is 1. The lowest BCUT2D eigenvalue weighted by atomic mass is 10.1. The molecule has 0 spiro atoms. The summed E-state index contributed by atoms with van der Waals surface area (Å²) in [6.07, 6.45) is 3.37. The van der Waals surface area contributed by atoms with E-state index in [1.165, 1.54) is 0 Å². The number of carbonyl (C=O) groups is 1. The van der Waals surface area contributed by atoms with Crippen LogP contribution in [0.5, 0.6) is 0 Å². The van der Waals surface area contributed by atoms with Crippen LogP contribution in [0.4, 0.5) is 0 Å². The predicted molar refractivity (Wildman–Crippen MR) is 51.4 cm³/mol. The predicted octanol–water partition coefficient (Wildman–Crippen LogP) is 1.33. The Labute approximate surface area is 79.8 Å². The smallest absolute Gasteiger partial charge is 0.222 e. The second-order valence-corrected chi connectivity index (χ2v) is 3.69. The maximum absolute atomic E-state index is 11.4. The molecule has 1 fully saturated rings. The van der Waals surface area contributed by atoms with E-state index in [1.807, 2.05) is 13.8 Å². The number of hydrogen-bond donors (Lipinski definition) is 1. The van der Waals surface area contributed by atoms with E-state index in [1.54, 1.807) is 0 Å². The lowest BCUT2D eigenvalue weighted by molar-refractivity contribution is -0.125. The van der Waals surface area contributed by atoms with Gasteiger partial charge >= 0.3 is 0 Å². The van der Waals surface area contributed by atoms with E-state index in [0.717, 1.165) is 25.9 Å². The quantitative estimate of drug-likeness (QED) is 0.717. The maximum Gasteiger partial charge on any atom is 0.222 e. The van der Waals surface area contributed by atoms with Crippen molar-refractivity contribution in [2.24, 2.45) is 5.92 Å². The second kappa shape index (κ2) is 5.22. The van der Waals surface area contributed by atoms with Gasteiger partial charge in [-0.3, -0.25) is 4.79 Å². The minimum atomic E-state index is 0.126. The molecule has 1 aliphatic heterocycles. The monoisotopic (exact) mass is 185 g/mol. The van der Waals surface area contributed by atoms with Gasteiger partial charge in [-0.05, 0) is 19.3 Å². The Balaban J connectivity index is 2.13. The lowest BCUT2D eigenvalue weighted by Crippen LogP contribution is -2.35. The number of nitrogens with one attached hydrogen (secondary N) is 1. The highest BCUT2D eigenvalue weighted by Gasteiger charge is 2.17. The van der Waals surface area contributed by atoms with E-state index < -0.39 is 0 Å². The molecule has 0 saturated carbocycles. The van der Waals surface area contributed by atoms with Gasteiger partial charge in [-0.25, -0.2) is 0 Å². The molecular weight excluding hydrogens is 166 g/mol. The van der Waals surface area contributed by atoms with Crippen molar-refractivity contribution in [1.29, 1.82) is 0 Å².